The Bertz CT molecular complexity index is 300. The zero-order valence-electron chi connectivity index (χ0n) is 9.19. The number of nitrogens with two attached hydrogens (primary N) is 1. The lowest BCUT2D eigenvalue weighted by atomic mass is 10.2. The van der Waals surface area contributed by atoms with Crippen molar-refractivity contribution in [2.24, 2.45) is 5.73 Å². The van der Waals surface area contributed by atoms with Crippen LogP contribution in [0, 0.1) is 0 Å². The Morgan fingerprint density at radius 3 is 2.40 bits per heavy atom. The minimum atomic E-state index is -3.36. The molecule has 0 rings (SSSR count). The Kier molecular flexibility index (Phi) is 5.77. The van der Waals surface area contributed by atoms with Crippen molar-refractivity contribution >= 4 is 16.0 Å². The summed E-state index contributed by atoms with van der Waals surface area (Å²) in [6, 6.07) is -1.05. The highest BCUT2D eigenvalue weighted by molar-refractivity contribution is 7.89. The van der Waals surface area contributed by atoms with E-state index in [1.807, 2.05) is 0 Å². The fraction of sp³-hybridized carbons (Fsp3) is 0.875. The number of hydrogen-bond acceptors (Lipinski definition) is 5. The molecular formula is C8H18N2O4S. The first-order chi connectivity index (χ1) is 6.78. The van der Waals surface area contributed by atoms with Crippen LogP contribution in [0.3, 0.4) is 0 Å². The van der Waals surface area contributed by atoms with Gasteiger partial charge in [-0.25, -0.2) is 13.1 Å². The number of nitrogens with one attached hydrogen (secondary N) is 1. The van der Waals surface area contributed by atoms with Gasteiger partial charge in [-0.1, -0.05) is 0 Å². The molecule has 0 unspecified atom stereocenters. The molecule has 0 aliphatic rings. The lowest BCUT2D eigenvalue weighted by molar-refractivity contribution is -0.142. The van der Waals surface area contributed by atoms with Crippen LogP contribution in [-0.2, 0) is 19.6 Å². The highest BCUT2D eigenvalue weighted by atomic mass is 32.2. The molecule has 0 spiro atoms. The molecule has 0 aliphatic carbocycles. The van der Waals surface area contributed by atoms with Gasteiger partial charge in [-0.3, -0.25) is 4.79 Å². The third kappa shape index (κ3) is 6.43. The van der Waals surface area contributed by atoms with E-state index >= 15 is 0 Å². The number of ether oxygens (including phenoxy) is 1. The van der Waals surface area contributed by atoms with Gasteiger partial charge in [0.2, 0.25) is 10.0 Å². The molecule has 90 valence electrons. The molecule has 0 heterocycles. The van der Waals surface area contributed by atoms with E-state index in [0.717, 1.165) is 0 Å². The first-order valence-electron chi connectivity index (χ1n) is 4.62. The van der Waals surface area contributed by atoms with Crippen LogP contribution < -0.4 is 10.5 Å². The highest BCUT2D eigenvalue weighted by Crippen LogP contribution is 1.97. The quantitative estimate of drug-likeness (QED) is 0.591. The molecule has 0 saturated heterocycles. The first kappa shape index (κ1) is 14.3. The number of carbonyl (C=O) groups is 1. The maximum Gasteiger partial charge on any atom is 0.322 e. The van der Waals surface area contributed by atoms with Crippen LogP contribution in [-0.4, -0.2) is 39.3 Å². The summed E-state index contributed by atoms with van der Waals surface area (Å²) in [5.74, 6) is -0.781. The lowest BCUT2D eigenvalue weighted by Gasteiger charge is -2.11. The van der Waals surface area contributed by atoms with E-state index in [0.29, 0.717) is 0 Å². The molecule has 1 atom stereocenters. The van der Waals surface area contributed by atoms with Crippen LogP contribution in [0.5, 0.6) is 0 Å². The summed E-state index contributed by atoms with van der Waals surface area (Å²) in [7, 11) is -2.14. The van der Waals surface area contributed by atoms with Crippen molar-refractivity contribution in [3.8, 4) is 0 Å². The van der Waals surface area contributed by atoms with Gasteiger partial charge in [0.05, 0.1) is 12.9 Å². The minimum Gasteiger partial charge on any atom is -0.468 e. The van der Waals surface area contributed by atoms with E-state index in [1.54, 1.807) is 13.8 Å². The molecule has 0 fully saturated rings. The van der Waals surface area contributed by atoms with Crippen LogP contribution in [0.25, 0.3) is 0 Å². The van der Waals surface area contributed by atoms with Crippen molar-refractivity contribution in [2.45, 2.75) is 32.4 Å². The van der Waals surface area contributed by atoms with Crippen molar-refractivity contribution in [3.63, 3.8) is 0 Å². The summed E-state index contributed by atoms with van der Waals surface area (Å²) >= 11 is 0. The molecule has 15 heavy (non-hydrogen) atoms. The second-order valence-corrected chi connectivity index (χ2v) is 5.38. The summed E-state index contributed by atoms with van der Waals surface area (Å²) in [5.41, 5.74) is 5.40. The van der Waals surface area contributed by atoms with Gasteiger partial charge >= 0.3 is 5.97 Å². The maximum atomic E-state index is 11.3. The standard InChI is InChI=1S/C8H18N2O4S/c1-6(2)10-15(12,13)5-4-7(9)8(11)14-3/h6-7,10H,4-5,9H2,1-3H3/t7-/m0/s1. The molecule has 0 bridgehead atoms. The topological polar surface area (TPSA) is 98.5 Å². The van der Waals surface area contributed by atoms with E-state index < -0.39 is 22.0 Å². The van der Waals surface area contributed by atoms with Crippen molar-refractivity contribution in [1.82, 2.24) is 4.72 Å². The summed E-state index contributed by atoms with van der Waals surface area (Å²) in [6.07, 6.45) is 0.0503. The van der Waals surface area contributed by atoms with Gasteiger partial charge in [-0.05, 0) is 20.3 Å². The largest absolute Gasteiger partial charge is 0.468 e. The predicted octanol–water partition coefficient (Wildman–Crippen LogP) is -0.795. The Hall–Kier alpha value is -0.660. The Morgan fingerprint density at radius 1 is 1.47 bits per heavy atom. The van der Waals surface area contributed by atoms with Crippen molar-refractivity contribution in [2.75, 3.05) is 12.9 Å². The van der Waals surface area contributed by atoms with Gasteiger partial charge in [0.25, 0.3) is 0 Å². The molecule has 0 saturated carbocycles. The molecular weight excluding hydrogens is 220 g/mol. The fourth-order valence-electron chi connectivity index (χ4n) is 0.969. The minimum absolute atomic E-state index is 0.0503. The summed E-state index contributed by atoms with van der Waals surface area (Å²) in [5, 5.41) is 0. The van der Waals surface area contributed by atoms with Crippen LogP contribution in [0.15, 0.2) is 0 Å². The predicted molar refractivity (Wildman–Crippen MR) is 56.7 cm³/mol. The third-order valence-corrected chi connectivity index (χ3v) is 3.22. The molecule has 0 aliphatic heterocycles. The number of esters is 1. The molecule has 7 heteroatoms. The summed E-state index contributed by atoms with van der Waals surface area (Å²) < 4.78 is 29.5. The van der Waals surface area contributed by atoms with E-state index in [4.69, 9.17) is 5.73 Å². The number of carbonyl (C=O) groups excluding carboxylic acids is 1. The maximum absolute atomic E-state index is 11.3. The second kappa shape index (κ2) is 6.04. The zero-order chi connectivity index (χ0) is 12.1. The van der Waals surface area contributed by atoms with Crippen LogP contribution in [0.1, 0.15) is 20.3 Å². The number of hydrogen-bond donors (Lipinski definition) is 2. The summed E-state index contributed by atoms with van der Waals surface area (Å²) in [6.45, 7) is 3.44. The lowest BCUT2D eigenvalue weighted by Crippen LogP contribution is -2.37. The van der Waals surface area contributed by atoms with E-state index in [-0.39, 0.29) is 18.2 Å². The summed E-state index contributed by atoms with van der Waals surface area (Å²) in [4.78, 5) is 10.9. The van der Waals surface area contributed by atoms with Gasteiger partial charge in [-0.15, -0.1) is 0 Å². The van der Waals surface area contributed by atoms with Crippen LogP contribution in [0.4, 0.5) is 0 Å². The monoisotopic (exact) mass is 238 g/mol. The van der Waals surface area contributed by atoms with Crippen molar-refractivity contribution < 1.29 is 17.9 Å². The average Bonchev–Trinajstić information content (AvgIpc) is 2.11. The van der Waals surface area contributed by atoms with Crippen molar-refractivity contribution in [1.29, 1.82) is 0 Å². The molecule has 3 N–H and O–H groups in total. The smallest absolute Gasteiger partial charge is 0.322 e. The van der Waals surface area contributed by atoms with E-state index in [9.17, 15) is 13.2 Å². The SMILES string of the molecule is COC(=O)[C@@H](N)CCS(=O)(=O)NC(C)C. The number of sulfonamides is 1. The molecule has 0 aromatic rings. The molecule has 0 aromatic heterocycles. The Labute approximate surface area is 90.2 Å². The zero-order valence-corrected chi connectivity index (χ0v) is 10.0. The normalized spacial score (nSPS) is 13.9. The molecule has 6 nitrogen and oxygen atoms in total. The second-order valence-electron chi connectivity index (χ2n) is 3.51. The van der Waals surface area contributed by atoms with Crippen LogP contribution in [0.2, 0.25) is 0 Å². The third-order valence-electron chi connectivity index (χ3n) is 1.62. The van der Waals surface area contributed by atoms with Gasteiger partial charge in [-0.2, -0.15) is 0 Å². The highest BCUT2D eigenvalue weighted by Gasteiger charge is 2.18. The van der Waals surface area contributed by atoms with Gasteiger partial charge in [0.15, 0.2) is 0 Å². The van der Waals surface area contributed by atoms with E-state index in [1.165, 1.54) is 7.11 Å². The molecule has 0 amide bonds. The Balaban J connectivity index is 4.10. The average molecular weight is 238 g/mol. The van der Waals surface area contributed by atoms with Crippen molar-refractivity contribution in [3.05, 3.63) is 0 Å². The van der Waals surface area contributed by atoms with Gasteiger partial charge in [0.1, 0.15) is 6.04 Å². The Morgan fingerprint density at radius 2 is 2.00 bits per heavy atom. The number of rotatable bonds is 6. The van der Waals surface area contributed by atoms with Crippen LogP contribution >= 0.6 is 0 Å². The molecule has 0 aromatic carbocycles. The van der Waals surface area contributed by atoms with Gasteiger partial charge in [0, 0.05) is 6.04 Å². The van der Waals surface area contributed by atoms with Gasteiger partial charge < -0.3 is 10.5 Å². The first-order valence-corrected chi connectivity index (χ1v) is 6.27. The number of methoxy groups -OCH3 is 1. The fourth-order valence-corrected chi connectivity index (χ4v) is 2.37. The molecule has 0 radical (unpaired) electrons. The van der Waals surface area contributed by atoms with E-state index in [2.05, 4.69) is 9.46 Å².